The van der Waals surface area contributed by atoms with Crippen LogP contribution in [0.15, 0.2) is 41.0 Å². The number of rotatable bonds is 10. The Bertz CT molecular complexity index is 833. The van der Waals surface area contributed by atoms with Crippen molar-refractivity contribution < 1.29 is 33.0 Å². The van der Waals surface area contributed by atoms with Crippen LogP contribution in [0.2, 0.25) is 0 Å². The van der Waals surface area contributed by atoms with E-state index in [0.717, 1.165) is 0 Å². The van der Waals surface area contributed by atoms with Gasteiger partial charge in [-0.2, -0.15) is 0 Å². The Hall–Kier alpha value is -3.49. The van der Waals surface area contributed by atoms with Crippen LogP contribution in [-0.4, -0.2) is 56.6 Å². The number of carbonyl (C=O) groups excluding carboxylic acids is 3. The van der Waals surface area contributed by atoms with E-state index in [1.54, 1.807) is 18.2 Å². The zero-order valence-corrected chi connectivity index (χ0v) is 16.6. The average molecular weight is 404 g/mol. The Morgan fingerprint density at radius 2 is 1.97 bits per heavy atom. The quantitative estimate of drug-likeness (QED) is 0.600. The molecule has 0 radical (unpaired) electrons. The first-order valence-corrected chi connectivity index (χ1v) is 8.95. The second-order valence-corrected chi connectivity index (χ2v) is 5.98. The minimum absolute atomic E-state index is 0.173. The van der Waals surface area contributed by atoms with Gasteiger partial charge in [0.15, 0.2) is 18.1 Å². The lowest BCUT2D eigenvalue weighted by Crippen LogP contribution is -2.39. The molecule has 0 fully saturated rings. The molecular weight excluding hydrogens is 380 g/mol. The van der Waals surface area contributed by atoms with Crippen molar-refractivity contribution in [2.45, 2.75) is 13.5 Å². The summed E-state index contributed by atoms with van der Waals surface area (Å²) >= 11 is 0. The molecule has 2 aromatic rings. The molecule has 2 amide bonds. The molecule has 2 rings (SSSR count). The number of hydrogen-bond donors (Lipinski definition) is 1. The van der Waals surface area contributed by atoms with Gasteiger partial charge in [0.1, 0.15) is 5.76 Å². The molecule has 1 aromatic carbocycles. The van der Waals surface area contributed by atoms with E-state index < -0.39 is 18.5 Å². The Morgan fingerprint density at radius 3 is 2.62 bits per heavy atom. The van der Waals surface area contributed by atoms with E-state index in [4.69, 9.17) is 18.6 Å². The number of benzene rings is 1. The molecule has 0 aliphatic heterocycles. The maximum atomic E-state index is 12.2. The van der Waals surface area contributed by atoms with Crippen LogP contribution in [0.1, 0.15) is 23.0 Å². The first-order chi connectivity index (χ1) is 13.9. The fourth-order valence-corrected chi connectivity index (χ4v) is 2.35. The van der Waals surface area contributed by atoms with Gasteiger partial charge in [0.2, 0.25) is 5.91 Å². The summed E-state index contributed by atoms with van der Waals surface area (Å²) in [6.07, 6.45) is 1.51. The van der Waals surface area contributed by atoms with Gasteiger partial charge < -0.3 is 28.8 Å². The average Bonchev–Trinajstić information content (AvgIpc) is 3.24. The predicted molar refractivity (Wildman–Crippen MR) is 103 cm³/mol. The van der Waals surface area contributed by atoms with Crippen molar-refractivity contribution in [3.63, 3.8) is 0 Å². The molecule has 9 nitrogen and oxygen atoms in total. The van der Waals surface area contributed by atoms with E-state index in [0.29, 0.717) is 23.9 Å². The smallest absolute Gasteiger partial charge is 0.338 e. The Morgan fingerprint density at radius 1 is 1.17 bits per heavy atom. The molecular formula is C20H24N2O7. The second kappa shape index (κ2) is 10.7. The summed E-state index contributed by atoms with van der Waals surface area (Å²) in [7, 11) is 2.94. The van der Waals surface area contributed by atoms with Gasteiger partial charge in [0.25, 0.3) is 5.91 Å². The lowest BCUT2D eigenvalue weighted by Gasteiger charge is -2.16. The number of esters is 1. The van der Waals surface area contributed by atoms with E-state index >= 15 is 0 Å². The molecule has 0 spiro atoms. The first kappa shape index (κ1) is 21.8. The SMILES string of the molecule is CCOc1cc(C(=O)OCC(=O)N(C)CC(=O)NCc2ccco2)ccc1OC. The van der Waals surface area contributed by atoms with Crippen molar-refractivity contribution in [3.8, 4) is 11.5 Å². The van der Waals surface area contributed by atoms with Gasteiger partial charge in [0, 0.05) is 7.05 Å². The highest BCUT2D eigenvalue weighted by Crippen LogP contribution is 2.28. The molecule has 0 saturated heterocycles. The molecule has 9 heteroatoms. The minimum Gasteiger partial charge on any atom is -0.493 e. The summed E-state index contributed by atoms with van der Waals surface area (Å²) in [6.45, 7) is 1.78. The lowest BCUT2D eigenvalue weighted by molar-refractivity contribution is -0.137. The van der Waals surface area contributed by atoms with Crippen molar-refractivity contribution in [1.82, 2.24) is 10.2 Å². The number of nitrogens with one attached hydrogen (secondary N) is 1. The molecule has 0 atom stereocenters. The third-order valence-electron chi connectivity index (χ3n) is 3.87. The molecule has 0 saturated carbocycles. The summed E-state index contributed by atoms with van der Waals surface area (Å²) in [6, 6.07) is 8.02. The molecule has 0 unspecified atom stereocenters. The number of hydrogen-bond acceptors (Lipinski definition) is 7. The monoisotopic (exact) mass is 404 g/mol. The number of furan rings is 1. The largest absolute Gasteiger partial charge is 0.493 e. The zero-order chi connectivity index (χ0) is 21.2. The number of likely N-dealkylation sites (N-methyl/N-ethyl adjacent to an activating group) is 1. The highest BCUT2D eigenvalue weighted by Gasteiger charge is 2.17. The first-order valence-electron chi connectivity index (χ1n) is 8.95. The Balaban J connectivity index is 1.81. The van der Waals surface area contributed by atoms with Gasteiger partial charge in [-0.25, -0.2) is 4.79 Å². The second-order valence-electron chi connectivity index (χ2n) is 5.98. The highest BCUT2D eigenvalue weighted by molar-refractivity contribution is 5.92. The van der Waals surface area contributed by atoms with Crippen molar-refractivity contribution in [1.29, 1.82) is 0 Å². The fourth-order valence-electron chi connectivity index (χ4n) is 2.35. The van der Waals surface area contributed by atoms with Gasteiger partial charge in [-0.05, 0) is 37.3 Å². The minimum atomic E-state index is -0.683. The summed E-state index contributed by atoms with van der Waals surface area (Å²) in [4.78, 5) is 37.4. The number of ether oxygens (including phenoxy) is 3. The van der Waals surface area contributed by atoms with Crippen LogP contribution in [0.5, 0.6) is 11.5 Å². The van der Waals surface area contributed by atoms with Gasteiger partial charge in [-0.1, -0.05) is 0 Å². The predicted octanol–water partition coefficient (Wildman–Crippen LogP) is 1.62. The van der Waals surface area contributed by atoms with E-state index in [1.807, 2.05) is 6.92 Å². The zero-order valence-electron chi connectivity index (χ0n) is 16.6. The third kappa shape index (κ3) is 6.56. The van der Waals surface area contributed by atoms with Crippen molar-refractivity contribution in [3.05, 3.63) is 47.9 Å². The van der Waals surface area contributed by atoms with Gasteiger partial charge >= 0.3 is 5.97 Å². The standard InChI is InChI=1S/C20H24N2O7/c1-4-27-17-10-14(7-8-16(17)26-3)20(25)29-13-19(24)22(2)12-18(23)21-11-15-6-5-9-28-15/h5-10H,4,11-13H2,1-3H3,(H,21,23). The van der Waals surface area contributed by atoms with Gasteiger partial charge in [0.05, 0.1) is 38.6 Å². The van der Waals surface area contributed by atoms with Crippen LogP contribution in [0.25, 0.3) is 0 Å². The molecule has 1 N–H and O–H groups in total. The maximum Gasteiger partial charge on any atom is 0.338 e. The fraction of sp³-hybridized carbons (Fsp3) is 0.350. The summed E-state index contributed by atoms with van der Waals surface area (Å²) in [5, 5.41) is 2.63. The lowest BCUT2D eigenvalue weighted by atomic mass is 10.2. The number of methoxy groups -OCH3 is 1. The topological polar surface area (TPSA) is 107 Å². The van der Waals surface area contributed by atoms with Crippen molar-refractivity contribution in [2.75, 3.05) is 33.9 Å². The Kier molecular flexibility index (Phi) is 8.08. The number of carbonyl (C=O) groups is 3. The van der Waals surface area contributed by atoms with Crippen LogP contribution >= 0.6 is 0 Å². The Labute approximate surface area is 168 Å². The van der Waals surface area contributed by atoms with Crippen LogP contribution < -0.4 is 14.8 Å². The van der Waals surface area contributed by atoms with Crippen molar-refractivity contribution >= 4 is 17.8 Å². The highest BCUT2D eigenvalue weighted by atomic mass is 16.5. The van der Waals surface area contributed by atoms with Crippen LogP contribution in [0.4, 0.5) is 0 Å². The van der Waals surface area contributed by atoms with Crippen LogP contribution in [-0.2, 0) is 20.9 Å². The van der Waals surface area contributed by atoms with Gasteiger partial charge in [-0.15, -0.1) is 0 Å². The van der Waals surface area contributed by atoms with E-state index in [2.05, 4.69) is 5.32 Å². The molecule has 156 valence electrons. The summed E-state index contributed by atoms with van der Waals surface area (Å²) in [5.41, 5.74) is 0.223. The third-order valence-corrected chi connectivity index (χ3v) is 3.87. The van der Waals surface area contributed by atoms with Crippen molar-refractivity contribution in [2.24, 2.45) is 0 Å². The maximum absolute atomic E-state index is 12.2. The molecule has 1 heterocycles. The molecule has 1 aromatic heterocycles. The van der Waals surface area contributed by atoms with Crippen LogP contribution in [0, 0.1) is 0 Å². The molecule has 0 bridgehead atoms. The van der Waals surface area contributed by atoms with Crippen LogP contribution in [0.3, 0.4) is 0 Å². The van der Waals surface area contributed by atoms with Gasteiger partial charge in [-0.3, -0.25) is 9.59 Å². The normalized spacial score (nSPS) is 10.2. The summed E-state index contributed by atoms with van der Waals surface area (Å²) in [5.74, 6) is -0.0594. The molecule has 29 heavy (non-hydrogen) atoms. The molecule has 0 aliphatic rings. The van der Waals surface area contributed by atoms with E-state index in [1.165, 1.54) is 37.5 Å². The number of amides is 2. The number of nitrogens with zero attached hydrogens (tertiary/aromatic N) is 1. The van der Waals surface area contributed by atoms with E-state index in [-0.39, 0.29) is 24.6 Å². The summed E-state index contributed by atoms with van der Waals surface area (Å²) < 4.78 is 20.7. The van der Waals surface area contributed by atoms with E-state index in [9.17, 15) is 14.4 Å². The molecule has 0 aliphatic carbocycles.